The Balaban J connectivity index is 1.47. The van der Waals surface area contributed by atoms with Crippen LogP contribution in [0.1, 0.15) is 142 Å². The molecule has 36 heavy (non-hydrogen) atoms. The molecule has 0 spiro atoms. The van der Waals surface area contributed by atoms with Crippen molar-refractivity contribution < 1.29 is 9.47 Å². The van der Waals surface area contributed by atoms with Crippen molar-refractivity contribution in [2.75, 3.05) is 13.2 Å². The molecule has 2 aromatic heterocycles. The van der Waals surface area contributed by atoms with Crippen molar-refractivity contribution in [3.63, 3.8) is 0 Å². The van der Waals surface area contributed by atoms with E-state index in [-0.39, 0.29) is 0 Å². The maximum atomic E-state index is 6.01. The fourth-order valence-corrected chi connectivity index (χ4v) is 6.37. The van der Waals surface area contributed by atoms with Crippen LogP contribution in [0.5, 0.6) is 11.5 Å². The van der Waals surface area contributed by atoms with Gasteiger partial charge in [0.05, 0.1) is 13.2 Å². The van der Waals surface area contributed by atoms with Gasteiger partial charge in [-0.1, -0.05) is 129 Å². The molecule has 0 radical (unpaired) electrons. The van der Waals surface area contributed by atoms with E-state index in [0.717, 1.165) is 37.6 Å². The Labute approximate surface area is 231 Å². The minimum atomic E-state index is 0.838. The first kappa shape index (κ1) is 31.2. The van der Waals surface area contributed by atoms with E-state index in [1.165, 1.54) is 125 Å². The summed E-state index contributed by atoms with van der Waals surface area (Å²) in [4.78, 5) is 2.57. The van der Waals surface area contributed by atoms with Gasteiger partial charge in [0.2, 0.25) is 0 Å². The highest BCUT2D eigenvalue weighted by Crippen LogP contribution is 2.37. The molecule has 0 saturated carbocycles. The highest BCUT2D eigenvalue weighted by atomic mass is 32.1. The van der Waals surface area contributed by atoms with Crippen molar-refractivity contribution in [1.82, 2.24) is 0 Å². The summed E-state index contributed by atoms with van der Waals surface area (Å²) in [6, 6.07) is 4.39. The lowest BCUT2D eigenvalue weighted by molar-refractivity contribution is 0.305. The minimum Gasteiger partial charge on any atom is -0.493 e. The van der Waals surface area contributed by atoms with Gasteiger partial charge in [0.15, 0.2) is 0 Å². The van der Waals surface area contributed by atoms with Crippen LogP contribution >= 0.6 is 22.7 Å². The summed E-state index contributed by atoms with van der Waals surface area (Å²) in [5.74, 6) is 2.04. The van der Waals surface area contributed by atoms with Crippen LogP contribution in [0.15, 0.2) is 22.9 Å². The topological polar surface area (TPSA) is 18.5 Å². The van der Waals surface area contributed by atoms with Gasteiger partial charge in [-0.2, -0.15) is 0 Å². The van der Waals surface area contributed by atoms with E-state index in [4.69, 9.17) is 9.47 Å². The maximum absolute atomic E-state index is 6.01. The highest BCUT2D eigenvalue weighted by molar-refractivity contribution is 7.20. The minimum absolute atomic E-state index is 0.838. The smallest absolute Gasteiger partial charge is 0.130 e. The molecular weight excluding hydrogens is 480 g/mol. The molecule has 0 saturated heterocycles. The van der Waals surface area contributed by atoms with Crippen LogP contribution < -0.4 is 9.47 Å². The van der Waals surface area contributed by atoms with Crippen molar-refractivity contribution in [1.29, 1.82) is 0 Å². The molecule has 0 aliphatic rings. The van der Waals surface area contributed by atoms with Crippen LogP contribution in [0.3, 0.4) is 0 Å². The number of ether oxygens (including phenoxy) is 2. The second-order valence-electron chi connectivity index (χ2n) is 10.4. The van der Waals surface area contributed by atoms with Crippen LogP contribution in [0, 0.1) is 0 Å². The van der Waals surface area contributed by atoms with Gasteiger partial charge in [-0.25, -0.2) is 0 Å². The predicted molar refractivity (Wildman–Crippen MR) is 162 cm³/mol. The van der Waals surface area contributed by atoms with Gasteiger partial charge in [-0.05, 0) is 25.0 Å². The number of hydrogen-bond acceptors (Lipinski definition) is 4. The van der Waals surface area contributed by atoms with Gasteiger partial charge in [0.25, 0.3) is 0 Å². The Morgan fingerprint density at radius 1 is 0.444 bits per heavy atom. The fourth-order valence-electron chi connectivity index (χ4n) is 4.61. The molecule has 2 aromatic rings. The third-order valence-electron chi connectivity index (χ3n) is 6.93. The van der Waals surface area contributed by atoms with Gasteiger partial charge >= 0.3 is 0 Å². The third kappa shape index (κ3) is 15.3. The molecule has 2 nitrogen and oxygen atoms in total. The summed E-state index contributed by atoms with van der Waals surface area (Å²) in [5, 5.41) is 4.30. The standard InChI is InChI=1S/C32H54O2S2/c1-3-5-7-9-11-13-15-17-19-21-23-33-29-25-31(35-27-29)32-26-30(28-36-32)34-24-22-20-18-16-14-12-10-8-6-4-2/h25-28H,3-24H2,1-2H3. The Kier molecular flexibility index (Phi) is 19.1. The second-order valence-corrected chi connectivity index (χ2v) is 12.2. The summed E-state index contributed by atoms with van der Waals surface area (Å²) < 4.78 is 12.0. The lowest BCUT2D eigenvalue weighted by Gasteiger charge is -2.04. The van der Waals surface area contributed by atoms with Crippen molar-refractivity contribution >= 4 is 22.7 Å². The van der Waals surface area contributed by atoms with Crippen LogP contribution in [0.25, 0.3) is 9.75 Å². The Hall–Kier alpha value is -1.000. The molecule has 0 atom stereocenters. The van der Waals surface area contributed by atoms with E-state index in [1.807, 2.05) is 0 Å². The average Bonchev–Trinajstić information content (AvgIpc) is 3.55. The van der Waals surface area contributed by atoms with E-state index >= 15 is 0 Å². The highest BCUT2D eigenvalue weighted by Gasteiger charge is 2.08. The monoisotopic (exact) mass is 534 g/mol. The lowest BCUT2D eigenvalue weighted by Crippen LogP contribution is -1.96. The molecule has 0 N–H and O–H groups in total. The van der Waals surface area contributed by atoms with Crippen LogP contribution in [-0.4, -0.2) is 13.2 Å². The quantitative estimate of drug-likeness (QED) is 0.118. The van der Waals surface area contributed by atoms with Gasteiger partial charge < -0.3 is 9.47 Å². The normalized spacial score (nSPS) is 11.3. The summed E-state index contributed by atoms with van der Waals surface area (Å²) >= 11 is 3.55. The number of unbranched alkanes of at least 4 members (excludes halogenated alkanes) is 18. The Bertz CT molecular complexity index is 674. The zero-order valence-electron chi connectivity index (χ0n) is 23.5. The van der Waals surface area contributed by atoms with E-state index in [9.17, 15) is 0 Å². The zero-order valence-corrected chi connectivity index (χ0v) is 25.1. The molecule has 2 rings (SSSR count). The fraction of sp³-hybridized carbons (Fsp3) is 0.750. The molecule has 0 unspecified atom stereocenters. The summed E-state index contributed by atoms with van der Waals surface area (Å²) in [7, 11) is 0. The molecule has 2 heterocycles. The van der Waals surface area contributed by atoms with Crippen molar-refractivity contribution in [2.45, 2.75) is 142 Å². The molecule has 0 amide bonds. The summed E-state index contributed by atoms with van der Waals surface area (Å²) in [6.45, 7) is 6.24. The Morgan fingerprint density at radius 3 is 1.08 bits per heavy atom. The number of thiophene rings is 2. The van der Waals surface area contributed by atoms with Crippen molar-refractivity contribution in [3.05, 3.63) is 22.9 Å². The van der Waals surface area contributed by atoms with E-state index in [0.29, 0.717) is 0 Å². The molecule has 4 heteroatoms. The molecule has 0 aromatic carbocycles. The van der Waals surface area contributed by atoms with Crippen LogP contribution in [-0.2, 0) is 0 Å². The van der Waals surface area contributed by atoms with Gasteiger partial charge in [-0.3, -0.25) is 0 Å². The van der Waals surface area contributed by atoms with E-state index < -0.39 is 0 Å². The largest absolute Gasteiger partial charge is 0.493 e. The van der Waals surface area contributed by atoms with Gasteiger partial charge in [0, 0.05) is 20.5 Å². The molecule has 0 bridgehead atoms. The summed E-state index contributed by atoms with van der Waals surface area (Å²) in [6.07, 6.45) is 27.2. The van der Waals surface area contributed by atoms with Crippen molar-refractivity contribution in [3.8, 4) is 21.3 Å². The second kappa shape index (κ2) is 22.0. The Morgan fingerprint density at radius 2 is 0.750 bits per heavy atom. The van der Waals surface area contributed by atoms with Gasteiger partial charge in [0.1, 0.15) is 11.5 Å². The zero-order chi connectivity index (χ0) is 25.5. The third-order valence-corrected chi connectivity index (χ3v) is 8.94. The first-order chi connectivity index (χ1) is 17.8. The van der Waals surface area contributed by atoms with Crippen molar-refractivity contribution in [2.24, 2.45) is 0 Å². The first-order valence-electron chi connectivity index (χ1n) is 15.3. The van der Waals surface area contributed by atoms with E-state index in [2.05, 4.69) is 36.7 Å². The maximum Gasteiger partial charge on any atom is 0.130 e. The molecule has 0 fully saturated rings. The van der Waals surface area contributed by atoms with E-state index in [1.54, 1.807) is 22.7 Å². The average molecular weight is 535 g/mol. The molecular formula is C32H54O2S2. The predicted octanol–water partition coefficient (Wildman–Crippen LogP) is 12.1. The molecule has 0 aliphatic carbocycles. The van der Waals surface area contributed by atoms with Crippen LogP contribution in [0.2, 0.25) is 0 Å². The first-order valence-corrected chi connectivity index (χ1v) is 17.0. The molecule has 206 valence electrons. The summed E-state index contributed by atoms with van der Waals surface area (Å²) in [5.41, 5.74) is 0. The van der Waals surface area contributed by atoms with Gasteiger partial charge in [-0.15, -0.1) is 22.7 Å². The number of rotatable bonds is 25. The molecule has 0 aliphatic heterocycles. The number of hydrogen-bond donors (Lipinski definition) is 0. The van der Waals surface area contributed by atoms with Crippen LogP contribution in [0.4, 0.5) is 0 Å². The lowest BCUT2D eigenvalue weighted by atomic mass is 10.1. The SMILES string of the molecule is CCCCCCCCCCCCOc1csc(-c2cc(OCCCCCCCCCCCC)cs2)c1.